The van der Waals surface area contributed by atoms with Gasteiger partial charge in [0.1, 0.15) is 0 Å². The fourth-order valence-corrected chi connectivity index (χ4v) is 3.76. The summed E-state index contributed by atoms with van der Waals surface area (Å²) in [5.41, 5.74) is 3.61. The summed E-state index contributed by atoms with van der Waals surface area (Å²) >= 11 is 0. The van der Waals surface area contributed by atoms with Gasteiger partial charge in [-0.15, -0.1) is 0 Å². The van der Waals surface area contributed by atoms with E-state index in [1.165, 1.54) is 16.7 Å². The first-order valence-electron chi connectivity index (χ1n) is 9.26. The van der Waals surface area contributed by atoms with Gasteiger partial charge in [0.25, 0.3) is 5.95 Å². The monoisotopic (exact) mass is 358 g/mol. The van der Waals surface area contributed by atoms with Crippen LogP contribution in [-0.2, 0) is 14.9 Å². The molecule has 0 radical (unpaired) electrons. The molecule has 0 aliphatic heterocycles. The second-order valence-electron chi connectivity index (χ2n) is 6.47. The van der Waals surface area contributed by atoms with Crippen LogP contribution in [0.2, 0.25) is 0 Å². The highest BCUT2D eigenvalue weighted by molar-refractivity contribution is 5.50. The van der Waals surface area contributed by atoms with Gasteiger partial charge in [-0.25, -0.2) is 0 Å². The zero-order valence-electron chi connectivity index (χ0n) is 16.0. The first-order valence-corrected chi connectivity index (χ1v) is 9.26. The molecule has 0 unspecified atom stereocenters. The third-order valence-corrected chi connectivity index (χ3v) is 5.03. The van der Waals surface area contributed by atoms with Crippen LogP contribution in [0, 0.1) is 0 Å². The molecule has 3 rings (SSSR count). The van der Waals surface area contributed by atoms with E-state index in [1.807, 2.05) is 6.08 Å². The molecule has 27 heavy (non-hydrogen) atoms. The quantitative estimate of drug-likeness (QED) is 0.367. The molecule has 3 aromatic rings. The molecular weight excluding hydrogens is 332 g/mol. The highest BCUT2D eigenvalue weighted by Gasteiger charge is 2.35. The van der Waals surface area contributed by atoms with E-state index in [4.69, 9.17) is 9.47 Å². The van der Waals surface area contributed by atoms with Crippen LogP contribution in [0.4, 0.5) is 0 Å². The summed E-state index contributed by atoms with van der Waals surface area (Å²) in [6, 6.07) is 32.2. The summed E-state index contributed by atoms with van der Waals surface area (Å²) in [6.07, 6.45) is 3.75. The molecule has 0 aliphatic rings. The normalized spacial score (nSPS) is 10.9. The van der Waals surface area contributed by atoms with Crippen molar-refractivity contribution in [2.45, 2.75) is 18.3 Å². The van der Waals surface area contributed by atoms with E-state index in [0.717, 1.165) is 12.8 Å². The standard InChI is InChI=1S/C25H26O2/c1-26-24(27-2)19-12-20-25(21-13-6-3-7-14-21,22-15-8-4-9-16-22)23-17-10-5-11-18-23/h3-11,13-19H,12,20H2,1-2H3. The van der Waals surface area contributed by atoms with Gasteiger partial charge in [0.05, 0.1) is 14.2 Å². The van der Waals surface area contributed by atoms with Crippen molar-refractivity contribution >= 4 is 0 Å². The van der Waals surface area contributed by atoms with E-state index in [9.17, 15) is 0 Å². The van der Waals surface area contributed by atoms with Crippen molar-refractivity contribution < 1.29 is 9.47 Å². The lowest BCUT2D eigenvalue weighted by Gasteiger charge is -2.36. The molecule has 0 bridgehead atoms. The van der Waals surface area contributed by atoms with Crippen molar-refractivity contribution in [3.05, 3.63) is 120 Å². The fourth-order valence-electron chi connectivity index (χ4n) is 3.76. The van der Waals surface area contributed by atoms with Gasteiger partial charge >= 0.3 is 0 Å². The van der Waals surface area contributed by atoms with Crippen LogP contribution in [-0.4, -0.2) is 14.2 Å². The molecule has 0 saturated carbocycles. The van der Waals surface area contributed by atoms with Crippen molar-refractivity contribution in [1.82, 2.24) is 0 Å². The van der Waals surface area contributed by atoms with Crippen molar-refractivity contribution in [2.75, 3.05) is 14.2 Å². The van der Waals surface area contributed by atoms with E-state index in [2.05, 4.69) is 91.0 Å². The average molecular weight is 358 g/mol. The molecule has 0 saturated heterocycles. The lowest BCUT2D eigenvalue weighted by Crippen LogP contribution is -2.29. The maximum absolute atomic E-state index is 5.27. The van der Waals surface area contributed by atoms with Crippen LogP contribution >= 0.6 is 0 Å². The number of ether oxygens (including phenoxy) is 2. The number of benzene rings is 3. The molecule has 0 amide bonds. The van der Waals surface area contributed by atoms with Gasteiger partial charge in [0, 0.05) is 5.41 Å². The number of hydrogen-bond acceptors (Lipinski definition) is 2. The van der Waals surface area contributed by atoms with Gasteiger partial charge < -0.3 is 9.47 Å². The van der Waals surface area contributed by atoms with Gasteiger partial charge in [-0.1, -0.05) is 91.0 Å². The molecule has 0 aromatic heterocycles. The Hall–Kier alpha value is -3.00. The van der Waals surface area contributed by atoms with E-state index in [-0.39, 0.29) is 5.41 Å². The Morgan fingerprint density at radius 3 is 1.37 bits per heavy atom. The Morgan fingerprint density at radius 2 is 1.04 bits per heavy atom. The minimum absolute atomic E-state index is 0.243. The summed E-state index contributed by atoms with van der Waals surface area (Å²) in [6.45, 7) is 0. The van der Waals surface area contributed by atoms with Crippen molar-refractivity contribution in [1.29, 1.82) is 0 Å². The van der Waals surface area contributed by atoms with Crippen LogP contribution in [0.25, 0.3) is 0 Å². The number of allylic oxidation sites excluding steroid dienone is 1. The Kier molecular flexibility index (Phi) is 6.32. The van der Waals surface area contributed by atoms with Crippen LogP contribution in [0.5, 0.6) is 0 Å². The zero-order chi connectivity index (χ0) is 19.0. The molecule has 0 fully saturated rings. The fraction of sp³-hybridized carbons (Fsp3) is 0.200. The lowest BCUT2D eigenvalue weighted by atomic mass is 9.67. The second kappa shape index (κ2) is 9.09. The van der Waals surface area contributed by atoms with E-state index >= 15 is 0 Å². The number of rotatable bonds is 8. The van der Waals surface area contributed by atoms with Crippen molar-refractivity contribution in [3.8, 4) is 0 Å². The SMILES string of the molecule is COC(=CCCC(c1ccccc1)(c1ccccc1)c1ccccc1)OC. The summed E-state index contributed by atoms with van der Waals surface area (Å²) in [5.74, 6) is 0.554. The van der Waals surface area contributed by atoms with Crippen LogP contribution < -0.4 is 0 Å². The second-order valence-corrected chi connectivity index (χ2v) is 6.47. The van der Waals surface area contributed by atoms with Gasteiger partial charge in [-0.2, -0.15) is 0 Å². The van der Waals surface area contributed by atoms with Crippen molar-refractivity contribution in [3.63, 3.8) is 0 Å². The predicted molar refractivity (Wildman–Crippen MR) is 111 cm³/mol. The molecule has 2 nitrogen and oxygen atoms in total. The van der Waals surface area contributed by atoms with E-state index < -0.39 is 0 Å². The first-order chi connectivity index (χ1) is 13.3. The summed E-state index contributed by atoms with van der Waals surface area (Å²) < 4.78 is 10.5. The Labute approximate surface area is 162 Å². The zero-order valence-corrected chi connectivity index (χ0v) is 16.0. The Morgan fingerprint density at radius 1 is 0.667 bits per heavy atom. The molecule has 138 valence electrons. The predicted octanol–water partition coefficient (Wildman–Crippen LogP) is 5.94. The van der Waals surface area contributed by atoms with Gasteiger partial charge in [0.15, 0.2) is 0 Å². The molecule has 0 aliphatic carbocycles. The first kappa shape index (κ1) is 18.8. The van der Waals surface area contributed by atoms with Crippen LogP contribution in [0.3, 0.4) is 0 Å². The summed E-state index contributed by atoms with van der Waals surface area (Å²) in [7, 11) is 3.27. The minimum Gasteiger partial charge on any atom is -0.469 e. The van der Waals surface area contributed by atoms with Gasteiger partial charge in [-0.05, 0) is 35.6 Å². The third kappa shape index (κ3) is 4.06. The van der Waals surface area contributed by atoms with Gasteiger partial charge in [0.2, 0.25) is 0 Å². The molecule has 0 N–H and O–H groups in total. The smallest absolute Gasteiger partial charge is 0.274 e. The summed E-state index contributed by atoms with van der Waals surface area (Å²) in [4.78, 5) is 0. The van der Waals surface area contributed by atoms with Gasteiger partial charge in [-0.3, -0.25) is 0 Å². The van der Waals surface area contributed by atoms with E-state index in [0.29, 0.717) is 5.95 Å². The lowest BCUT2D eigenvalue weighted by molar-refractivity contribution is 0.0937. The number of hydrogen-bond donors (Lipinski definition) is 0. The molecule has 0 heterocycles. The van der Waals surface area contributed by atoms with Crippen molar-refractivity contribution in [2.24, 2.45) is 0 Å². The van der Waals surface area contributed by atoms with Crippen LogP contribution in [0.1, 0.15) is 29.5 Å². The highest BCUT2D eigenvalue weighted by atomic mass is 16.7. The highest BCUT2D eigenvalue weighted by Crippen LogP contribution is 2.43. The Balaban J connectivity index is 2.15. The molecule has 0 atom stereocenters. The topological polar surface area (TPSA) is 18.5 Å². The average Bonchev–Trinajstić information content (AvgIpc) is 2.76. The molecule has 3 aromatic carbocycles. The summed E-state index contributed by atoms with van der Waals surface area (Å²) in [5, 5.41) is 0. The molecule has 2 heteroatoms. The minimum atomic E-state index is -0.243. The maximum atomic E-state index is 5.27. The Bertz CT molecular complexity index is 737. The molecule has 0 spiro atoms. The number of methoxy groups -OCH3 is 2. The molecular formula is C25H26O2. The van der Waals surface area contributed by atoms with Crippen LogP contribution in [0.15, 0.2) is 103 Å². The largest absolute Gasteiger partial charge is 0.469 e. The maximum Gasteiger partial charge on any atom is 0.274 e. The third-order valence-electron chi connectivity index (χ3n) is 5.03. The van der Waals surface area contributed by atoms with E-state index in [1.54, 1.807) is 14.2 Å².